The van der Waals surface area contributed by atoms with Gasteiger partial charge in [-0.3, -0.25) is 10.1 Å². The molecule has 1 aliphatic heterocycles. The number of piperidine rings is 1. The number of hydrogen-bond donors (Lipinski definition) is 1. The Bertz CT molecular complexity index is 518. The van der Waals surface area contributed by atoms with E-state index in [4.69, 9.17) is 0 Å². The van der Waals surface area contributed by atoms with Crippen molar-refractivity contribution in [1.82, 2.24) is 14.7 Å². The number of likely N-dealkylation sites (tertiary alicyclic amines) is 1. The highest BCUT2D eigenvalue weighted by Gasteiger charge is 2.28. The maximum absolute atomic E-state index is 11.3. The van der Waals surface area contributed by atoms with E-state index >= 15 is 0 Å². The Morgan fingerprint density at radius 1 is 1.41 bits per heavy atom. The van der Waals surface area contributed by atoms with Gasteiger partial charge >= 0.3 is 5.69 Å². The zero-order valence-electron chi connectivity index (χ0n) is 14.0. The molecule has 124 valence electrons. The van der Waals surface area contributed by atoms with E-state index in [1.54, 1.807) is 11.7 Å². The van der Waals surface area contributed by atoms with Crippen LogP contribution >= 0.6 is 0 Å². The molecule has 1 aromatic rings. The van der Waals surface area contributed by atoms with Crippen molar-refractivity contribution in [2.24, 2.45) is 13.0 Å². The van der Waals surface area contributed by atoms with Crippen molar-refractivity contribution >= 4 is 11.5 Å². The molecule has 0 bridgehead atoms. The SMILES string of the molecule is CCc1nn(C)c(NC2CCN(CC(C)C)CC2)c1[N+](=O)[O-]. The molecule has 1 saturated heterocycles. The lowest BCUT2D eigenvalue weighted by Gasteiger charge is -2.33. The fourth-order valence-electron chi connectivity index (χ4n) is 3.13. The third-order valence-corrected chi connectivity index (χ3v) is 4.16. The van der Waals surface area contributed by atoms with Gasteiger partial charge in [-0.05, 0) is 25.2 Å². The summed E-state index contributed by atoms with van der Waals surface area (Å²) >= 11 is 0. The molecule has 7 nitrogen and oxygen atoms in total. The summed E-state index contributed by atoms with van der Waals surface area (Å²) in [5.74, 6) is 1.22. The lowest BCUT2D eigenvalue weighted by molar-refractivity contribution is -0.384. The topological polar surface area (TPSA) is 76.2 Å². The van der Waals surface area contributed by atoms with Crippen molar-refractivity contribution in [3.05, 3.63) is 15.8 Å². The van der Waals surface area contributed by atoms with Crippen LogP contribution in [0, 0.1) is 16.0 Å². The predicted octanol–water partition coefficient (Wildman–Crippen LogP) is 2.42. The molecule has 0 atom stereocenters. The average molecular weight is 309 g/mol. The summed E-state index contributed by atoms with van der Waals surface area (Å²) in [6, 6.07) is 0.280. The Hall–Kier alpha value is -1.63. The monoisotopic (exact) mass is 309 g/mol. The third kappa shape index (κ3) is 3.76. The van der Waals surface area contributed by atoms with Crippen LogP contribution in [0.2, 0.25) is 0 Å². The fourth-order valence-corrected chi connectivity index (χ4v) is 3.13. The van der Waals surface area contributed by atoms with Gasteiger partial charge in [0.05, 0.1) is 4.92 Å². The number of nitro groups is 1. The summed E-state index contributed by atoms with van der Waals surface area (Å²) in [5, 5.41) is 19.0. The number of hydrogen-bond acceptors (Lipinski definition) is 5. The molecule has 0 amide bonds. The van der Waals surface area contributed by atoms with Crippen molar-refractivity contribution < 1.29 is 4.92 Å². The van der Waals surface area contributed by atoms with Crippen LogP contribution in [0.4, 0.5) is 11.5 Å². The van der Waals surface area contributed by atoms with E-state index in [2.05, 4.69) is 29.2 Å². The largest absolute Gasteiger partial charge is 0.362 e. The molecule has 0 saturated carbocycles. The highest BCUT2D eigenvalue weighted by molar-refractivity contribution is 5.60. The van der Waals surface area contributed by atoms with Gasteiger partial charge in [-0.2, -0.15) is 5.10 Å². The first kappa shape index (κ1) is 16.7. The van der Waals surface area contributed by atoms with Crippen LogP contribution in [0.25, 0.3) is 0 Å². The first-order valence-electron chi connectivity index (χ1n) is 8.11. The van der Waals surface area contributed by atoms with E-state index in [9.17, 15) is 10.1 Å². The molecule has 2 heterocycles. The van der Waals surface area contributed by atoms with Gasteiger partial charge in [0.15, 0.2) is 0 Å². The second kappa shape index (κ2) is 7.09. The minimum atomic E-state index is -0.317. The molecule has 1 aromatic heterocycles. The van der Waals surface area contributed by atoms with Crippen LogP contribution in [-0.4, -0.2) is 45.3 Å². The van der Waals surface area contributed by atoms with Gasteiger partial charge in [-0.15, -0.1) is 0 Å². The van der Waals surface area contributed by atoms with Crippen molar-refractivity contribution in [1.29, 1.82) is 0 Å². The number of nitrogens with one attached hydrogen (secondary N) is 1. The molecule has 1 aliphatic rings. The Kier molecular flexibility index (Phi) is 5.39. The van der Waals surface area contributed by atoms with E-state index in [0.717, 1.165) is 32.5 Å². The highest BCUT2D eigenvalue weighted by atomic mass is 16.6. The summed E-state index contributed by atoms with van der Waals surface area (Å²) in [5.41, 5.74) is 0.682. The van der Waals surface area contributed by atoms with Crippen LogP contribution in [0.3, 0.4) is 0 Å². The summed E-state index contributed by atoms with van der Waals surface area (Å²) < 4.78 is 1.61. The minimum Gasteiger partial charge on any atom is -0.362 e. The van der Waals surface area contributed by atoms with Crippen LogP contribution in [0.15, 0.2) is 0 Å². The van der Waals surface area contributed by atoms with E-state index < -0.39 is 0 Å². The van der Waals surface area contributed by atoms with Crippen molar-refractivity contribution in [2.75, 3.05) is 25.0 Å². The van der Waals surface area contributed by atoms with E-state index in [1.807, 2.05) is 6.92 Å². The quantitative estimate of drug-likeness (QED) is 0.645. The highest BCUT2D eigenvalue weighted by Crippen LogP contribution is 2.30. The Labute approximate surface area is 131 Å². The molecule has 0 aliphatic carbocycles. The van der Waals surface area contributed by atoms with Gasteiger partial charge < -0.3 is 10.2 Å². The van der Waals surface area contributed by atoms with Gasteiger partial charge in [0, 0.05) is 32.7 Å². The molecule has 2 rings (SSSR count). The number of rotatable bonds is 6. The summed E-state index contributed by atoms with van der Waals surface area (Å²) in [4.78, 5) is 13.5. The molecular formula is C15H27N5O2. The molecule has 1 fully saturated rings. The molecule has 7 heteroatoms. The third-order valence-electron chi connectivity index (χ3n) is 4.16. The summed E-state index contributed by atoms with van der Waals surface area (Å²) in [6.45, 7) is 9.57. The van der Waals surface area contributed by atoms with E-state index in [-0.39, 0.29) is 16.7 Å². The van der Waals surface area contributed by atoms with Gasteiger partial charge in [0.2, 0.25) is 5.82 Å². The summed E-state index contributed by atoms with van der Waals surface area (Å²) in [6.07, 6.45) is 2.59. The van der Waals surface area contributed by atoms with Gasteiger partial charge in [0.25, 0.3) is 0 Å². The summed E-state index contributed by atoms with van der Waals surface area (Å²) in [7, 11) is 1.77. The zero-order chi connectivity index (χ0) is 16.3. The smallest absolute Gasteiger partial charge is 0.333 e. The molecule has 1 N–H and O–H groups in total. The Balaban J connectivity index is 2.03. The maximum atomic E-state index is 11.3. The maximum Gasteiger partial charge on any atom is 0.333 e. The molecular weight excluding hydrogens is 282 g/mol. The fraction of sp³-hybridized carbons (Fsp3) is 0.800. The lowest BCUT2D eigenvalue weighted by Crippen LogP contribution is -2.40. The molecule has 0 aromatic carbocycles. The predicted molar refractivity (Wildman–Crippen MR) is 87.2 cm³/mol. The lowest BCUT2D eigenvalue weighted by atomic mass is 10.0. The van der Waals surface area contributed by atoms with Crippen molar-refractivity contribution in [3.8, 4) is 0 Å². The second-order valence-electron chi connectivity index (χ2n) is 6.49. The number of aryl methyl sites for hydroxylation is 2. The number of anilines is 1. The second-order valence-corrected chi connectivity index (χ2v) is 6.49. The number of aromatic nitrogens is 2. The van der Waals surface area contributed by atoms with E-state index in [1.165, 1.54) is 0 Å². The Morgan fingerprint density at radius 2 is 2.05 bits per heavy atom. The van der Waals surface area contributed by atoms with Crippen molar-refractivity contribution in [2.45, 2.75) is 46.1 Å². The standard InChI is InChI=1S/C15H27N5O2/c1-5-13-14(20(21)22)15(18(4)17-13)16-12-6-8-19(9-7-12)10-11(2)3/h11-12,16H,5-10H2,1-4H3. The minimum absolute atomic E-state index is 0.134. The first-order chi connectivity index (χ1) is 10.4. The number of nitrogens with zero attached hydrogens (tertiary/aromatic N) is 4. The first-order valence-corrected chi connectivity index (χ1v) is 8.11. The van der Waals surface area contributed by atoms with Crippen molar-refractivity contribution in [3.63, 3.8) is 0 Å². The zero-order valence-corrected chi connectivity index (χ0v) is 14.0. The van der Waals surface area contributed by atoms with Crippen LogP contribution in [0.1, 0.15) is 39.3 Å². The van der Waals surface area contributed by atoms with Crippen LogP contribution in [0.5, 0.6) is 0 Å². The average Bonchev–Trinajstić information content (AvgIpc) is 2.77. The molecule has 0 radical (unpaired) electrons. The molecule has 22 heavy (non-hydrogen) atoms. The van der Waals surface area contributed by atoms with Gasteiger partial charge in [-0.25, -0.2) is 4.68 Å². The molecule has 0 unspecified atom stereocenters. The van der Waals surface area contributed by atoms with Crippen LogP contribution < -0.4 is 5.32 Å². The normalized spacial score (nSPS) is 17.1. The van der Waals surface area contributed by atoms with Gasteiger partial charge in [-0.1, -0.05) is 20.8 Å². The van der Waals surface area contributed by atoms with Gasteiger partial charge in [0.1, 0.15) is 5.69 Å². The Morgan fingerprint density at radius 3 is 2.55 bits per heavy atom. The molecule has 0 spiro atoms. The van der Waals surface area contributed by atoms with Crippen LogP contribution in [-0.2, 0) is 13.5 Å². The van der Waals surface area contributed by atoms with E-state index in [0.29, 0.717) is 23.9 Å².